The molecule has 0 amide bonds. The summed E-state index contributed by atoms with van der Waals surface area (Å²) in [6, 6.07) is 0. The van der Waals surface area contributed by atoms with Crippen molar-refractivity contribution in [2.45, 2.75) is 20.3 Å². The van der Waals surface area contributed by atoms with Crippen LogP contribution in [0.2, 0.25) is 0 Å². The standard InChI is InChI=1S/C9H14O2/c1-6(2)9-4-8(11)3-7(9)5-10/h4,6-7,10H,3,5H2,1-2H3. The molecular weight excluding hydrogens is 140 g/mol. The summed E-state index contributed by atoms with van der Waals surface area (Å²) < 4.78 is 0. The van der Waals surface area contributed by atoms with Crippen molar-refractivity contribution in [3.05, 3.63) is 11.6 Å². The van der Waals surface area contributed by atoms with Gasteiger partial charge < -0.3 is 5.11 Å². The Labute approximate surface area is 66.9 Å². The third-order valence-electron chi connectivity index (χ3n) is 2.13. The minimum atomic E-state index is 0.0995. The predicted octanol–water partition coefficient (Wildman–Crippen LogP) is 1.15. The number of rotatable bonds is 2. The first-order valence-electron chi connectivity index (χ1n) is 4.00. The summed E-state index contributed by atoms with van der Waals surface area (Å²) in [5.74, 6) is 0.647. The highest BCUT2D eigenvalue weighted by Gasteiger charge is 2.25. The largest absolute Gasteiger partial charge is 0.396 e. The molecule has 0 aromatic rings. The van der Waals surface area contributed by atoms with Crippen molar-refractivity contribution < 1.29 is 9.90 Å². The van der Waals surface area contributed by atoms with Crippen molar-refractivity contribution in [2.24, 2.45) is 11.8 Å². The molecule has 0 bridgehead atoms. The average Bonchev–Trinajstić information content (AvgIpc) is 2.30. The van der Waals surface area contributed by atoms with Crippen molar-refractivity contribution in [2.75, 3.05) is 6.61 Å². The van der Waals surface area contributed by atoms with Crippen LogP contribution < -0.4 is 0 Å². The molecule has 11 heavy (non-hydrogen) atoms. The second-order valence-electron chi connectivity index (χ2n) is 3.35. The number of hydrogen-bond acceptors (Lipinski definition) is 2. The zero-order chi connectivity index (χ0) is 8.43. The van der Waals surface area contributed by atoms with Gasteiger partial charge in [0.1, 0.15) is 0 Å². The Morgan fingerprint density at radius 3 is 2.73 bits per heavy atom. The molecule has 1 rings (SSSR count). The lowest BCUT2D eigenvalue weighted by Crippen LogP contribution is -2.09. The van der Waals surface area contributed by atoms with Crippen LogP contribution in [0.25, 0.3) is 0 Å². The molecule has 2 heteroatoms. The van der Waals surface area contributed by atoms with Gasteiger partial charge in [-0.25, -0.2) is 0 Å². The summed E-state index contributed by atoms with van der Waals surface area (Å²) >= 11 is 0. The smallest absolute Gasteiger partial charge is 0.156 e. The number of aliphatic hydroxyl groups is 1. The molecule has 1 aliphatic rings. The average molecular weight is 154 g/mol. The topological polar surface area (TPSA) is 37.3 Å². The van der Waals surface area contributed by atoms with Crippen LogP contribution in [0, 0.1) is 11.8 Å². The van der Waals surface area contributed by atoms with E-state index in [-0.39, 0.29) is 18.3 Å². The van der Waals surface area contributed by atoms with E-state index < -0.39 is 0 Å². The highest BCUT2D eigenvalue weighted by Crippen LogP contribution is 2.28. The molecule has 0 saturated heterocycles. The summed E-state index contributed by atoms with van der Waals surface area (Å²) in [6.45, 7) is 4.20. The van der Waals surface area contributed by atoms with Crippen LogP contribution in [-0.2, 0) is 4.79 Å². The van der Waals surface area contributed by atoms with E-state index in [1.54, 1.807) is 6.08 Å². The summed E-state index contributed by atoms with van der Waals surface area (Å²) in [6.07, 6.45) is 2.19. The zero-order valence-electron chi connectivity index (χ0n) is 7.00. The predicted molar refractivity (Wildman–Crippen MR) is 43.1 cm³/mol. The molecule has 0 aromatic heterocycles. The molecule has 0 fully saturated rings. The van der Waals surface area contributed by atoms with Crippen molar-refractivity contribution in [1.82, 2.24) is 0 Å². The maximum Gasteiger partial charge on any atom is 0.156 e. The van der Waals surface area contributed by atoms with E-state index in [9.17, 15) is 4.79 Å². The zero-order valence-corrected chi connectivity index (χ0v) is 7.00. The molecule has 1 N–H and O–H groups in total. The maximum atomic E-state index is 10.9. The number of carbonyl (C=O) groups is 1. The van der Waals surface area contributed by atoms with Gasteiger partial charge in [0, 0.05) is 12.3 Å². The molecule has 0 aliphatic heterocycles. The fourth-order valence-corrected chi connectivity index (χ4v) is 1.53. The van der Waals surface area contributed by atoms with Crippen molar-refractivity contribution in [1.29, 1.82) is 0 Å². The van der Waals surface area contributed by atoms with Crippen LogP contribution in [0.3, 0.4) is 0 Å². The Morgan fingerprint density at radius 1 is 1.73 bits per heavy atom. The van der Waals surface area contributed by atoms with Gasteiger partial charge in [-0.05, 0) is 12.0 Å². The van der Waals surface area contributed by atoms with E-state index in [0.717, 1.165) is 5.57 Å². The minimum Gasteiger partial charge on any atom is -0.396 e. The van der Waals surface area contributed by atoms with Gasteiger partial charge in [0.25, 0.3) is 0 Å². The Morgan fingerprint density at radius 2 is 2.36 bits per heavy atom. The van der Waals surface area contributed by atoms with Gasteiger partial charge in [-0.15, -0.1) is 0 Å². The van der Waals surface area contributed by atoms with Crippen LogP contribution in [0.4, 0.5) is 0 Å². The quantitative estimate of drug-likeness (QED) is 0.647. The molecule has 2 nitrogen and oxygen atoms in total. The number of aliphatic hydroxyl groups excluding tert-OH is 1. The van der Waals surface area contributed by atoms with Gasteiger partial charge in [-0.2, -0.15) is 0 Å². The van der Waals surface area contributed by atoms with Gasteiger partial charge in [-0.1, -0.05) is 19.4 Å². The van der Waals surface area contributed by atoms with E-state index in [1.807, 2.05) is 13.8 Å². The number of hydrogen-bond donors (Lipinski definition) is 1. The fourth-order valence-electron chi connectivity index (χ4n) is 1.53. The molecule has 62 valence electrons. The van der Waals surface area contributed by atoms with Crippen LogP contribution in [0.5, 0.6) is 0 Å². The van der Waals surface area contributed by atoms with Crippen molar-refractivity contribution >= 4 is 5.78 Å². The van der Waals surface area contributed by atoms with Gasteiger partial charge in [0.2, 0.25) is 0 Å². The van der Waals surface area contributed by atoms with Crippen LogP contribution in [0.1, 0.15) is 20.3 Å². The minimum absolute atomic E-state index is 0.0995. The molecule has 0 spiro atoms. The second kappa shape index (κ2) is 3.18. The Kier molecular flexibility index (Phi) is 2.45. The molecular formula is C9H14O2. The van der Waals surface area contributed by atoms with Crippen LogP contribution >= 0.6 is 0 Å². The number of ketones is 1. The summed E-state index contributed by atoms with van der Waals surface area (Å²) in [4.78, 5) is 10.9. The first-order valence-corrected chi connectivity index (χ1v) is 4.00. The summed E-state index contributed by atoms with van der Waals surface area (Å²) in [7, 11) is 0. The Hall–Kier alpha value is -0.630. The second-order valence-corrected chi connectivity index (χ2v) is 3.35. The summed E-state index contributed by atoms with van der Waals surface area (Å²) in [5, 5.41) is 8.91. The van der Waals surface area contributed by atoms with E-state index in [2.05, 4.69) is 0 Å². The van der Waals surface area contributed by atoms with Crippen LogP contribution in [0.15, 0.2) is 11.6 Å². The molecule has 0 saturated carbocycles. The lowest BCUT2D eigenvalue weighted by Gasteiger charge is -2.13. The fraction of sp³-hybridized carbons (Fsp3) is 0.667. The van der Waals surface area contributed by atoms with Crippen LogP contribution in [-0.4, -0.2) is 17.5 Å². The van der Waals surface area contributed by atoms with Gasteiger partial charge in [0.15, 0.2) is 5.78 Å². The highest BCUT2D eigenvalue weighted by molar-refractivity contribution is 5.93. The SMILES string of the molecule is CC(C)C1=CC(=O)CC1CO. The van der Waals surface area contributed by atoms with Crippen molar-refractivity contribution in [3.63, 3.8) is 0 Å². The number of allylic oxidation sites excluding steroid dienone is 1. The summed E-state index contributed by atoms with van der Waals surface area (Å²) in [5.41, 5.74) is 1.11. The van der Waals surface area contributed by atoms with Gasteiger partial charge >= 0.3 is 0 Å². The number of carbonyl (C=O) groups excluding carboxylic acids is 1. The molecule has 1 atom stereocenters. The highest BCUT2D eigenvalue weighted by atomic mass is 16.3. The third kappa shape index (κ3) is 1.69. The van der Waals surface area contributed by atoms with Gasteiger partial charge in [-0.3, -0.25) is 4.79 Å². The Balaban J connectivity index is 2.74. The first kappa shape index (κ1) is 8.47. The molecule has 0 heterocycles. The molecule has 1 aliphatic carbocycles. The monoisotopic (exact) mass is 154 g/mol. The third-order valence-corrected chi connectivity index (χ3v) is 2.13. The Bertz CT molecular complexity index is 192. The lowest BCUT2D eigenvalue weighted by atomic mass is 9.93. The molecule has 0 radical (unpaired) electrons. The van der Waals surface area contributed by atoms with E-state index in [1.165, 1.54) is 0 Å². The normalized spacial score (nSPS) is 24.5. The van der Waals surface area contributed by atoms with Crippen molar-refractivity contribution in [3.8, 4) is 0 Å². The van der Waals surface area contributed by atoms with E-state index in [0.29, 0.717) is 12.3 Å². The maximum absolute atomic E-state index is 10.9. The lowest BCUT2D eigenvalue weighted by molar-refractivity contribution is -0.114. The first-order chi connectivity index (χ1) is 5.15. The molecule has 1 unspecified atom stereocenters. The van der Waals surface area contributed by atoms with E-state index in [4.69, 9.17) is 5.11 Å². The van der Waals surface area contributed by atoms with E-state index >= 15 is 0 Å². The van der Waals surface area contributed by atoms with Gasteiger partial charge in [0.05, 0.1) is 6.61 Å². The molecule has 0 aromatic carbocycles.